The molecule has 1 aliphatic heterocycles. The summed E-state index contributed by atoms with van der Waals surface area (Å²) in [4.78, 5) is 18.4. The number of carbonyl (C=O) groups is 1. The van der Waals surface area contributed by atoms with Crippen LogP contribution >= 0.6 is 0 Å². The van der Waals surface area contributed by atoms with E-state index in [2.05, 4.69) is 41.9 Å². The van der Waals surface area contributed by atoms with Crippen molar-refractivity contribution in [2.75, 3.05) is 12.4 Å². The molecule has 0 radical (unpaired) electrons. The Balaban J connectivity index is 1.26. The average Bonchev–Trinajstić information content (AvgIpc) is 3.67. The fourth-order valence-electron chi connectivity index (χ4n) is 5.63. The van der Waals surface area contributed by atoms with Gasteiger partial charge in [-0.1, -0.05) is 37.3 Å². The molecule has 1 aliphatic carbocycles. The molecule has 6 rings (SSSR count). The maximum absolute atomic E-state index is 13.3. The molecule has 1 fully saturated rings. The second kappa shape index (κ2) is 10.3. The maximum Gasteiger partial charge on any atom is 0.251 e. The zero-order valence-corrected chi connectivity index (χ0v) is 24.4. The van der Waals surface area contributed by atoms with Crippen LogP contribution in [0.5, 0.6) is 5.75 Å². The molecule has 41 heavy (non-hydrogen) atoms. The molecule has 9 heteroatoms. The van der Waals surface area contributed by atoms with Crippen LogP contribution in [0.3, 0.4) is 0 Å². The molecule has 0 saturated heterocycles. The normalized spacial score (nSPS) is 16.8. The molecule has 8 nitrogen and oxygen atoms in total. The van der Waals surface area contributed by atoms with Crippen LogP contribution in [0.1, 0.15) is 78.4 Å². The Morgan fingerprint density at radius 2 is 1.90 bits per heavy atom. The monoisotopic (exact) mass is 573 g/mol. The van der Waals surface area contributed by atoms with Crippen molar-refractivity contribution in [1.82, 2.24) is 14.9 Å². The van der Waals surface area contributed by atoms with Crippen molar-refractivity contribution in [3.63, 3.8) is 0 Å². The first-order valence-corrected chi connectivity index (χ1v) is 15.8. The van der Waals surface area contributed by atoms with Crippen LogP contribution in [0.4, 0.5) is 0 Å². The summed E-state index contributed by atoms with van der Waals surface area (Å²) in [5.41, 5.74) is 4.91. The second-order valence-electron chi connectivity index (χ2n) is 11.7. The number of ether oxygens (including phenoxy) is 1. The highest BCUT2D eigenvalue weighted by molar-refractivity contribution is 7.91. The standard InChI is InChI=1S/C32H35N3O5S/c1-4-41(38,39)25-13-10-20(11-14-25)27(19-36)34-31(37)22-12-15-28-26(16-22)33-30(21-8-9-21)35(28)18-24-7-5-6-23-17-32(2,3)40-29(23)24/h5-7,10-16,21,27,36H,4,8-9,17-19H2,1-3H3,(H,34,37). The number of benzene rings is 3. The van der Waals surface area contributed by atoms with Gasteiger partial charge in [0.1, 0.15) is 17.2 Å². The summed E-state index contributed by atoms with van der Waals surface area (Å²) < 4.78 is 32.9. The van der Waals surface area contributed by atoms with E-state index in [4.69, 9.17) is 9.72 Å². The number of imidazole rings is 1. The van der Waals surface area contributed by atoms with E-state index in [1.54, 1.807) is 31.2 Å². The van der Waals surface area contributed by atoms with Gasteiger partial charge in [0, 0.05) is 23.5 Å². The Morgan fingerprint density at radius 1 is 1.15 bits per heavy atom. The molecule has 2 N–H and O–H groups in total. The van der Waals surface area contributed by atoms with Gasteiger partial charge >= 0.3 is 0 Å². The van der Waals surface area contributed by atoms with Crippen molar-refractivity contribution in [1.29, 1.82) is 0 Å². The number of rotatable bonds is 9. The second-order valence-corrected chi connectivity index (χ2v) is 13.9. The highest BCUT2D eigenvalue weighted by Gasteiger charge is 2.33. The molecule has 1 amide bonds. The minimum atomic E-state index is -3.33. The molecular formula is C32H35N3O5S. The predicted octanol–water partition coefficient (Wildman–Crippen LogP) is 4.93. The van der Waals surface area contributed by atoms with Crippen LogP contribution in [0.25, 0.3) is 11.0 Å². The molecule has 2 aliphatic rings. The first-order chi connectivity index (χ1) is 19.6. The van der Waals surface area contributed by atoms with Gasteiger partial charge in [0.15, 0.2) is 9.84 Å². The Labute approximate surface area is 240 Å². The van der Waals surface area contributed by atoms with Crippen molar-refractivity contribution < 1.29 is 23.1 Å². The number of hydrogen-bond donors (Lipinski definition) is 2. The maximum atomic E-state index is 13.3. The van der Waals surface area contributed by atoms with Gasteiger partial charge in [-0.25, -0.2) is 13.4 Å². The van der Waals surface area contributed by atoms with E-state index in [9.17, 15) is 18.3 Å². The van der Waals surface area contributed by atoms with Gasteiger partial charge in [-0.2, -0.15) is 0 Å². The SMILES string of the molecule is CCS(=O)(=O)c1ccc(C(CO)NC(=O)c2ccc3c(c2)nc(C2CC2)n3Cc2cccc3c2OC(C)(C)C3)cc1. The first-order valence-electron chi connectivity index (χ1n) is 14.1. The summed E-state index contributed by atoms with van der Waals surface area (Å²) in [6, 6.07) is 17.5. The molecule has 1 saturated carbocycles. The Bertz CT molecular complexity index is 1740. The zero-order valence-electron chi connectivity index (χ0n) is 23.6. The lowest BCUT2D eigenvalue weighted by Gasteiger charge is -2.19. The van der Waals surface area contributed by atoms with Gasteiger partial charge in [-0.05, 0) is 68.1 Å². The first kappa shape index (κ1) is 27.5. The molecule has 4 aromatic rings. The number of carbonyl (C=O) groups excluding carboxylic acids is 1. The molecule has 0 spiro atoms. The molecule has 3 aromatic carbocycles. The summed E-state index contributed by atoms with van der Waals surface area (Å²) >= 11 is 0. The predicted molar refractivity (Wildman–Crippen MR) is 157 cm³/mol. The number of amides is 1. The molecular weight excluding hydrogens is 538 g/mol. The average molecular weight is 574 g/mol. The van der Waals surface area contributed by atoms with Gasteiger partial charge in [-0.3, -0.25) is 4.79 Å². The van der Waals surface area contributed by atoms with Gasteiger partial charge < -0.3 is 19.7 Å². The van der Waals surface area contributed by atoms with Gasteiger partial charge in [0.25, 0.3) is 5.91 Å². The number of para-hydroxylation sites is 1. The van der Waals surface area contributed by atoms with Gasteiger partial charge in [0.05, 0.1) is 40.9 Å². The van der Waals surface area contributed by atoms with E-state index in [-0.39, 0.29) is 28.8 Å². The van der Waals surface area contributed by atoms with Crippen LogP contribution in [-0.2, 0) is 22.8 Å². The summed E-state index contributed by atoms with van der Waals surface area (Å²) in [6.07, 6.45) is 3.08. The Hall–Kier alpha value is -3.69. The Morgan fingerprint density at radius 3 is 2.59 bits per heavy atom. The molecule has 214 valence electrons. The number of aliphatic hydroxyl groups excluding tert-OH is 1. The van der Waals surface area contributed by atoms with E-state index in [1.807, 2.05) is 6.07 Å². The molecule has 2 heterocycles. The summed E-state index contributed by atoms with van der Waals surface area (Å²) in [7, 11) is -3.33. The van der Waals surface area contributed by atoms with Crippen molar-refractivity contribution >= 4 is 26.8 Å². The number of sulfone groups is 1. The van der Waals surface area contributed by atoms with Crippen molar-refractivity contribution in [2.24, 2.45) is 0 Å². The van der Waals surface area contributed by atoms with Crippen LogP contribution in [0.2, 0.25) is 0 Å². The van der Waals surface area contributed by atoms with E-state index in [1.165, 1.54) is 17.7 Å². The fraction of sp³-hybridized carbons (Fsp3) is 0.375. The third-order valence-electron chi connectivity index (χ3n) is 7.99. The number of aliphatic hydroxyl groups is 1. The summed E-state index contributed by atoms with van der Waals surface area (Å²) in [6.45, 7) is 6.13. The quantitative estimate of drug-likeness (QED) is 0.294. The number of fused-ring (bicyclic) bond motifs is 2. The van der Waals surface area contributed by atoms with Crippen molar-refractivity contribution in [3.05, 3.63) is 88.7 Å². The van der Waals surface area contributed by atoms with Crippen LogP contribution in [0, 0.1) is 0 Å². The van der Waals surface area contributed by atoms with Gasteiger partial charge in [-0.15, -0.1) is 0 Å². The lowest BCUT2D eigenvalue weighted by molar-refractivity contribution is 0.0916. The van der Waals surface area contributed by atoms with E-state index < -0.39 is 15.9 Å². The largest absolute Gasteiger partial charge is 0.487 e. The van der Waals surface area contributed by atoms with E-state index in [0.717, 1.165) is 47.4 Å². The number of hydrogen-bond acceptors (Lipinski definition) is 6. The third-order valence-corrected chi connectivity index (χ3v) is 9.74. The lowest BCUT2D eigenvalue weighted by Crippen LogP contribution is -2.30. The van der Waals surface area contributed by atoms with Crippen molar-refractivity contribution in [2.45, 2.75) is 69.0 Å². The topological polar surface area (TPSA) is 111 Å². The summed E-state index contributed by atoms with van der Waals surface area (Å²) in [5, 5.41) is 12.9. The zero-order chi connectivity index (χ0) is 28.9. The molecule has 1 unspecified atom stereocenters. The molecule has 1 aromatic heterocycles. The highest BCUT2D eigenvalue weighted by atomic mass is 32.2. The van der Waals surface area contributed by atoms with Crippen LogP contribution < -0.4 is 10.1 Å². The van der Waals surface area contributed by atoms with Crippen LogP contribution in [-0.4, -0.2) is 46.9 Å². The van der Waals surface area contributed by atoms with Crippen LogP contribution in [0.15, 0.2) is 65.6 Å². The highest BCUT2D eigenvalue weighted by Crippen LogP contribution is 2.42. The summed E-state index contributed by atoms with van der Waals surface area (Å²) in [5.74, 6) is 2.07. The smallest absolute Gasteiger partial charge is 0.251 e. The Kier molecular flexibility index (Phi) is 6.90. The minimum Gasteiger partial charge on any atom is -0.487 e. The van der Waals surface area contributed by atoms with Gasteiger partial charge in [0.2, 0.25) is 0 Å². The number of nitrogens with one attached hydrogen (secondary N) is 1. The minimum absolute atomic E-state index is 0.00666. The lowest BCUT2D eigenvalue weighted by atomic mass is 10.0. The van der Waals surface area contributed by atoms with E-state index in [0.29, 0.717) is 23.6 Å². The fourth-order valence-corrected chi connectivity index (χ4v) is 6.52. The number of nitrogens with zero attached hydrogens (tertiary/aromatic N) is 2. The number of aromatic nitrogens is 2. The molecule has 0 bridgehead atoms. The third kappa shape index (κ3) is 5.36. The van der Waals surface area contributed by atoms with E-state index >= 15 is 0 Å². The van der Waals surface area contributed by atoms with Crippen molar-refractivity contribution in [3.8, 4) is 5.75 Å². The molecule has 1 atom stereocenters.